The highest BCUT2D eigenvalue weighted by molar-refractivity contribution is 5.20. The first-order chi connectivity index (χ1) is 7.84. The largest absolute Gasteiger partial charge is 0.376 e. The molecule has 2 aliphatic rings. The summed E-state index contributed by atoms with van der Waals surface area (Å²) in [4.78, 5) is 19.3. The lowest BCUT2D eigenvalue weighted by Crippen LogP contribution is -2.26. The molecule has 1 aromatic heterocycles. The van der Waals surface area contributed by atoms with Crippen molar-refractivity contribution in [2.75, 3.05) is 19.7 Å². The van der Waals surface area contributed by atoms with Crippen LogP contribution in [0.2, 0.25) is 0 Å². The van der Waals surface area contributed by atoms with Crippen LogP contribution in [-0.2, 0) is 17.8 Å². The summed E-state index contributed by atoms with van der Waals surface area (Å²) >= 11 is 0. The SMILES string of the molecule is O=c1[nH]c(C2CCNC2)nc2c1COCC2. The molecular formula is C11H15N3O2. The van der Waals surface area contributed by atoms with Gasteiger partial charge in [0.15, 0.2) is 0 Å². The molecule has 0 bridgehead atoms. The Bertz CT molecular complexity index is 449. The molecule has 1 atom stereocenters. The smallest absolute Gasteiger partial charge is 0.256 e. The molecule has 0 spiro atoms. The molecule has 5 nitrogen and oxygen atoms in total. The van der Waals surface area contributed by atoms with E-state index < -0.39 is 0 Å². The molecule has 0 saturated carbocycles. The molecule has 1 fully saturated rings. The Morgan fingerprint density at radius 2 is 2.38 bits per heavy atom. The average Bonchev–Trinajstić information content (AvgIpc) is 2.82. The van der Waals surface area contributed by atoms with Crippen molar-refractivity contribution in [1.82, 2.24) is 15.3 Å². The van der Waals surface area contributed by atoms with Gasteiger partial charge in [-0.2, -0.15) is 0 Å². The van der Waals surface area contributed by atoms with Gasteiger partial charge in [0.25, 0.3) is 5.56 Å². The van der Waals surface area contributed by atoms with E-state index in [2.05, 4.69) is 15.3 Å². The molecule has 86 valence electrons. The molecule has 0 aliphatic carbocycles. The summed E-state index contributed by atoms with van der Waals surface area (Å²) < 4.78 is 5.27. The van der Waals surface area contributed by atoms with Crippen LogP contribution in [0, 0.1) is 0 Å². The normalized spacial score (nSPS) is 24.4. The van der Waals surface area contributed by atoms with Crippen LogP contribution >= 0.6 is 0 Å². The maximum Gasteiger partial charge on any atom is 0.256 e. The van der Waals surface area contributed by atoms with Crippen molar-refractivity contribution in [1.29, 1.82) is 0 Å². The summed E-state index contributed by atoms with van der Waals surface area (Å²) in [6.45, 7) is 3.00. The number of rotatable bonds is 1. The molecule has 5 heteroatoms. The first-order valence-corrected chi connectivity index (χ1v) is 5.75. The Morgan fingerprint density at radius 1 is 1.44 bits per heavy atom. The van der Waals surface area contributed by atoms with Gasteiger partial charge >= 0.3 is 0 Å². The molecule has 1 aromatic rings. The Labute approximate surface area is 93.2 Å². The second-order valence-electron chi connectivity index (χ2n) is 4.37. The van der Waals surface area contributed by atoms with Gasteiger partial charge in [0.05, 0.1) is 24.5 Å². The van der Waals surface area contributed by atoms with Gasteiger partial charge in [0.1, 0.15) is 5.82 Å². The number of nitrogens with zero attached hydrogens (tertiary/aromatic N) is 1. The first-order valence-electron chi connectivity index (χ1n) is 5.75. The Hall–Kier alpha value is -1.20. The van der Waals surface area contributed by atoms with E-state index in [4.69, 9.17) is 4.74 Å². The third kappa shape index (κ3) is 1.66. The second kappa shape index (κ2) is 3.99. The lowest BCUT2D eigenvalue weighted by Gasteiger charge is -2.17. The zero-order chi connectivity index (χ0) is 11.0. The van der Waals surface area contributed by atoms with Crippen LogP contribution in [0.5, 0.6) is 0 Å². The lowest BCUT2D eigenvalue weighted by atomic mass is 10.1. The van der Waals surface area contributed by atoms with Gasteiger partial charge in [-0.3, -0.25) is 4.79 Å². The monoisotopic (exact) mass is 221 g/mol. The minimum atomic E-state index is -0.0217. The average molecular weight is 221 g/mol. The van der Waals surface area contributed by atoms with Gasteiger partial charge in [0, 0.05) is 18.9 Å². The van der Waals surface area contributed by atoms with Crippen LogP contribution in [0.1, 0.15) is 29.4 Å². The van der Waals surface area contributed by atoms with Crippen molar-refractivity contribution in [3.63, 3.8) is 0 Å². The molecule has 1 saturated heterocycles. The Morgan fingerprint density at radius 3 is 3.19 bits per heavy atom. The molecule has 0 amide bonds. The molecule has 2 aliphatic heterocycles. The highest BCUT2D eigenvalue weighted by atomic mass is 16.5. The summed E-state index contributed by atoms with van der Waals surface area (Å²) in [5.41, 5.74) is 1.62. The van der Waals surface area contributed by atoms with E-state index in [0.29, 0.717) is 24.7 Å². The first kappa shape index (κ1) is 9.99. The number of hydrogen-bond donors (Lipinski definition) is 2. The molecule has 3 rings (SSSR count). The van der Waals surface area contributed by atoms with E-state index in [1.807, 2.05) is 0 Å². The van der Waals surface area contributed by atoms with Gasteiger partial charge in [-0.1, -0.05) is 0 Å². The third-order valence-electron chi connectivity index (χ3n) is 3.30. The van der Waals surface area contributed by atoms with E-state index in [0.717, 1.165) is 37.4 Å². The van der Waals surface area contributed by atoms with Crippen LogP contribution < -0.4 is 10.9 Å². The number of ether oxygens (including phenoxy) is 1. The molecular weight excluding hydrogens is 206 g/mol. The highest BCUT2D eigenvalue weighted by Crippen LogP contribution is 2.19. The van der Waals surface area contributed by atoms with E-state index in [1.165, 1.54) is 0 Å². The number of H-pyrrole nitrogens is 1. The maximum absolute atomic E-state index is 11.8. The maximum atomic E-state index is 11.8. The van der Waals surface area contributed by atoms with Crippen molar-refractivity contribution in [3.8, 4) is 0 Å². The van der Waals surface area contributed by atoms with Gasteiger partial charge in [-0.05, 0) is 13.0 Å². The molecule has 1 unspecified atom stereocenters. The number of nitrogens with one attached hydrogen (secondary N) is 2. The molecule has 16 heavy (non-hydrogen) atoms. The number of hydrogen-bond acceptors (Lipinski definition) is 4. The summed E-state index contributed by atoms with van der Waals surface area (Å²) in [5.74, 6) is 1.21. The van der Waals surface area contributed by atoms with Gasteiger partial charge < -0.3 is 15.0 Å². The fourth-order valence-corrected chi connectivity index (χ4v) is 2.34. The van der Waals surface area contributed by atoms with Crippen LogP contribution in [0.15, 0.2) is 4.79 Å². The minimum Gasteiger partial charge on any atom is -0.376 e. The number of fused-ring (bicyclic) bond motifs is 1. The quantitative estimate of drug-likeness (QED) is 0.696. The van der Waals surface area contributed by atoms with E-state index >= 15 is 0 Å². The molecule has 2 N–H and O–H groups in total. The lowest BCUT2D eigenvalue weighted by molar-refractivity contribution is 0.107. The minimum absolute atomic E-state index is 0.0217. The van der Waals surface area contributed by atoms with Gasteiger partial charge in [-0.25, -0.2) is 4.98 Å². The van der Waals surface area contributed by atoms with Crippen molar-refractivity contribution in [2.45, 2.75) is 25.4 Å². The predicted molar refractivity (Wildman–Crippen MR) is 58.4 cm³/mol. The van der Waals surface area contributed by atoms with Crippen LogP contribution in [0.4, 0.5) is 0 Å². The summed E-state index contributed by atoms with van der Waals surface area (Å²) in [6.07, 6.45) is 1.81. The summed E-state index contributed by atoms with van der Waals surface area (Å²) in [7, 11) is 0. The van der Waals surface area contributed by atoms with E-state index in [1.54, 1.807) is 0 Å². The summed E-state index contributed by atoms with van der Waals surface area (Å²) in [6, 6.07) is 0. The highest BCUT2D eigenvalue weighted by Gasteiger charge is 2.22. The van der Waals surface area contributed by atoms with Crippen LogP contribution in [-0.4, -0.2) is 29.7 Å². The zero-order valence-corrected chi connectivity index (χ0v) is 9.08. The van der Waals surface area contributed by atoms with Crippen LogP contribution in [0.25, 0.3) is 0 Å². The standard InChI is InChI=1S/C11H15N3O2/c15-11-8-6-16-4-2-9(8)13-10(14-11)7-1-3-12-5-7/h7,12H,1-6H2,(H,13,14,15). The van der Waals surface area contributed by atoms with E-state index in [9.17, 15) is 4.79 Å². The molecule has 3 heterocycles. The topological polar surface area (TPSA) is 67.0 Å². The zero-order valence-electron chi connectivity index (χ0n) is 9.08. The second-order valence-corrected chi connectivity index (χ2v) is 4.37. The van der Waals surface area contributed by atoms with Crippen LogP contribution in [0.3, 0.4) is 0 Å². The summed E-state index contributed by atoms with van der Waals surface area (Å²) in [5, 5.41) is 3.28. The fraction of sp³-hybridized carbons (Fsp3) is 0.636. The third-order valence-corrected chi connectivity index (χ3v) is 3.30. The number of aromatic amines is 1. The predicted octanol–water partition coefficient (Wildman–Crippen LogP) is -0.0805. The Balaban J connectivity index is 2.01. The molecule has 0 aromatic carbocycles. The van der Waals surface area contributed by atoms with Crippen molar-refractivity contribution in [2.24, 2.45) is 0 Å². The van der Waals surface area contributed by atoms with Crippen molar-refractivity contribution >= 4 is 0 Å². The van der Waals surface area contributed by atoms with Crippen molar-refractivity contribution < 1.29 is 4.74 Å². The number of aromatic nitrogens is 2. The van der Waals surface area contributed by atoms with Gasteiger partial charge in [0.2, 0.25) is 0 Å². The Kier molecular flexibility index (Phi) is 2.49. The van der Waals surface area contributed by atoms with Crippen molar-refractivity contribution in [3.05, 3.63) is 27.4 Å². The molecule has 0 radical (unpaired) electrons. The fourth-order valence-electron chi connectivity index (χ4n) is 2.34. The van der Waals surface area contributed by atoms with E-state index in [-0.39, 0.29) is 5.56 Å². The van der Waals surface area contributed by atoms with Gasteiger partial charge in [-0.15, -0.1) is 0 Å².